The lowest BCUT2D eigenvalue weighted by atomic mass is 10.0. The lowest BCUT2D eigenvalue weighted by Gasteiger charge is -2.16. The van der Waals surface area contributed by atoms with Crippen molar-refractivity contribution in [1.82, 2.24) is 4.72 Å². The van der Waals surface area contributed by atoms with E-state index >= 15 is 0 Å². The van der Waals surface area contributed by atoms with Crippen molar-refractivity contribution in [2.24, 2.45) is 0 Å². The monoisotopic (exact) mass is 289 g/mol. The smallest absolute Gasteiger partial charge is 0.207 e. The maximum Gasteiger partial charge on any atom is 0.241 e. The normalized spacial score (nSPS) is 13.2. The van der Waals surface area contributed by atoms with E-state index in [9.17, 15) is 8.42 Å². The number of hydrogen-bond acceptors (Lipinski definition) is 2. The van der Waals surface area contributed by atoms with Crippen molar-refractivity contribution in [3.63, 3.8) is 0 Å². The fourth-order valence-corrected chi connectivity index (χ4v) is 3.26. The third kappa shape index (κ3) is 3.26. The fraction of sp³-hybridized carbons (Fsp3) is 0.250. The molecule has 0 spiro atoms. The maximum absolute atomic E-state index is 12.3. The predicted molar refractivity (Wildman–Crippen MR) is 81.1 cm³/mol. The molecule has 2 aromatic carbocycles. The highest BCUT2D eigenvalue weighted by Crippen LogP contribution is 2.19. The van der Waals surface area contributed by atoms with Gasteiger partial charge in [0.25, 0.3) is 0 Å². The molecule has 106 valence electrons. The minimum atomic E-state index is -3.48. The van der Waals surface area contributed by atoms with Crippen LogP contribution in [0.25, 0.3) is 0 Å². The first-order valence-corrected chi connectivity index (χ1v) is 8.03. The molecule has 0 radical (unpaired) electrons. The Hall–Kier alpha value is -1.65. The van der Waals surface area contributed by atoms with Gasteiger partial charge in [0.05, 0.1) is 4.90 Å². The molecular formula is C16H19NO2S. The largest absolute Gasteiger partial charge is 0.241 e. The average Bonchev–Trinajstić information content (AvgIpc) is 2.42. The molecule has 0 aliphatic heterocycles. The number of hydrogen-bond donors (Lipinski definition) is 1. The van der Waals surface area contributed by atoms with Crippen LogP contribution in [0.5, 0.6) is 0 Å². The Morgan fingerprint density at radius 2 is 1.60 bits per heavy atom. The summed E-state index contributed by atoms with van der Waals surface area (Å²) in [5.41, 5.74) is 3.33. The second-order valence-corrected chi connectivity index (χ2v) is 6.71. The van der Waals surface area contributed by atoms with Gasteiger partial charge in [-0.3, -0.25) is 0 Å². The van der Waals surface area contributed by atoms with Crippen LogP contribution in [0.2, 0.25) is 0 Å². The number of aryl methyl sites for hydroxylation is 2. The van der Waals surface area contributed by atoms with Crippen LogP contribution in [0.4, 0.5) is 0 Å². The van der Waals surface area contributed by atoms with Gasteiger partial charge in [0.2, 0.25) is 10.0 Å². The molecule has 0 fully saturated rings. The maximum atomic E-state index is 12.3. The molecule has 0 amide bonds. The second kappa shape index (κ2) is 5.77. The molecule has 2 rings (SSSR count). The summed E-state index contributed by atoms with van der Waals surface area (Å²) in [6.07, 6.45) is 0. The Balaban J connectivity index is 2.23. The van der Waals surface area contributed by atoms with Gasteiger partial charge in [-0.05, 0) is 49.6 Å². The van der Waals surface area contributed by atoms with Gasteiger partial charge in [-0.2, -0.15) is 0 Å². The van der Waals surface area contributed by atoms with Crippen molar-refractivity contribution >= 4 is 10.0 Å². The highest BCUT2D eigenvalue weighted by atomic mass is 32.2. The van der Waals surface area contributed by atoms with Gasteiger partial charge < -0.3 is 0 Å². The van der Waals surface area contributed by atoms with Crippen LogP contribution in [0.15, 0.2) is 53.4 Å². The Morgan fingerprint density at radius 1 is 0.950 bits per heavy atom. The van der Waals surface area contributed by atoms with Crippen LogP contribution in [-0.4, -0.2) is 8.42 Å². The quantitative estimate of drug-likeness (QED) is 0.938. The van der Waals surface area contributed by atoms with E-state index in [-0.39, 0.29) is 10.9 Å². The summed E-state index contributed by atoms with van der Waals surface area (Å²) >= 11 is 0. The molecule has 0 bridgehead atoms. The van der Waals surface area contributed by atoms with Gasteiger partial charge in [0, 0.05) is 6.04 Å². The molecule has 0 heterocycles. The molecule has 0 unspecified atom stereocenters. The first kappa shape index (κ1) is 14.8. The van der Waals surface area contributed by atoms with Crippen LogP contribution in [0, 0.1) is 13.8 Å². The molecule has 3 nitrogen and oxygen atoms in total. The summed E-state index contributed by atoms with van der Waals surface area (Å²) in [6.45, 7) is 5.92. The highest BCUT2D eigenvalue weighted by molar-refractivity contribution is 7.89. The number of nitrogens with one attached hydrogen (secondary N) is 1. The average molecular weight is 289 g/mol. The molecule has 1 atom stereocenters. The fourth-order valence-electron chi connectivity index (χ4n) is 2.00. The number of sulfonamides is 1. The van der Waals surface area contributed by atoms with E-state index in [4.69, 9.17) is 0 Å². The standard InChI is InChI=1S/C16H19NO2S/c1-12-9-10-15(11-13(12)2)14(3)17-20(18,19)16-7-5-4-6-8-16/h4-11,14,17H,1-3H3/t14-/m1/s1. The van der Waals surface area contributed by atoms with E-state index < -0.39 is 10.0 Å². The van der Waals surface area contributed by atoms with Gasteiger partial charge >= 0.3 is 0 Å². The zero-order valence-electron chi connectivity index (χ0n) is 11.9. The van der Waals surface area contributed by atoms with Crippen molar-refractivity contribution in [2.75, 3.05) is 0 Å². The zero-order valence-corrected chi connectivity index (χ0v) is 12.7. The summed E-state index contributed by atoms with van der Waals surface area (Å²) in [5.74, 6) is 0. The lowest BCUT2D eigenvalue weighted by molar-refractivity contribution is 0.567. The van der Waals surface area contributed by atoms with E-state index in [2.05, 4.69) is 4.72 Å². The Labute approximate surface area is 120 Å². The molecule has 4 heteroatoms. The van der Waals surface area contributed by atoms with Crippen molar-refractivity contribution in [3.8, 4) is 0 Å². The summed E-state index contributed by atoms with van der Waals surface area (Å²) in [6, 6.07) is 14.1. The van der Waals surface area contributed by atoms with E-state index in [1.807, 2.05) is 39.0 Å². The van der Waals surface area contributed by atoms with E-state index in [1.165, 1.54) is 5.56 Å². The van der Waals surface area contributed by atoms with E-state index in [1.54, 1.807) is 30.3 Å². The van der Waals surface area contributed by atoms with Crippen LogP contribution in [-0.2, 0) is 10.0 Å². The minimum absolute atomic E-state index is 0.264. The summed E-state index contributed by atoms with van der Waals surface area (Å²) in [7, 11) is -3.48. The van der Waals surface area contributed by atoms with E-state index in [0.717, 1.165) is 11.1 Å². The van der Waals surface area contributed by atoms with Crippen LogP contribution in [0.3, 0.4) is 0 Å². The zero-order chi connectivity index (χ0) is 14.8. The van der Waals surface area contributed by atoms with Crippen molar-refractivity contribution in [1.29, 1.82) is 0 Å². The van der Waals surface area contributed by atoms with Gasteiger partial charge in [0.15, 0.2) is 0 Å². The van der Waals surface area contributed by atoms with Gasteiger partial charge in [-0.15, -0.1) is 0 Å². The molecule has 0 saturated heterocycles. The molecule has 0 aliphatic rings. The van der Waals surface area contributed by atoms with Gasteiger partial charge in [-0.25, -0.2) is 13.1 Å². The Morgan fingerprint density at radius 3 is 2.20 bits per heavy atom. The van der Waals surface area contributed by atoms with Gasteiger partial charge in [0.1, 0.15) is 0 Å². The summed E-state index contributed by atoms with van der Waals surface area (Å²) < 4.78 is 27.2. The number of benzene rings is 2. The molecule has 2 aromatic rings. The van der Waals surface area contributed by atoms with Crippen molar-refractivity contribution in [3.05, 3.63) is 65.2 Å². The SMILES string of the molecule is Cc1ccc([C@@H](C)NS(=O)(=O)c2ccccc2)cc1C. The molecular weight excluding hydrogens is 270 g/mol. The van der Waals surface area contributed by atoms with Crippen LogP contribution >= 0.6 is 0 Å². The van der Waals surface area contributed by atoms with Crippen molar-refractivity contribution in [2.45, 2.75) is 31.7 Å². The van der Waals surface area contributed by atoms with Crippen LogP contribution < -0.4 is 4.72 Å². The third-order valence-corrected chi connectivity index (χ3v) is 4.97. The minimum Gasteiger partial charge on any atom is -0.207 e. The molecule has 0 aliphatic carbocycles. The summed E-state index contributed by atoms with van der Waals surface area (Å²) in [5, 5.41) is 0. The topological polar surface area (TPSA) is 46.2 Å². The molecule has 1 N–H and O–H groups in total. The lowest BCUT2D eigenvalue weighted by Crippen LogP contribution is -2.26. The predicted octanol–water partition coefficient (Wildman–Crippen LogP) is 3.34. The molecule has 0 saturated carbocycles. The third-order valence-electron chi connectivity index (χ3n) is 3.42. The number of rotatable bonds is 4. The van der Waals surface area contributed by atoms with Gasteiger partial charge in [-0.1, -0.05) is 36.4 Å². The Bertz CT molecular complexity index is 694. The first-order valence-electron chi connectivity index (χ1n) is 6.54. The van der Waals surface area contributed by atoms with E-state index in [0.29, 0.717) is 0 Å². The van der Waals surface area contributed by atoms with Crippen LogP contribution in [0.1, 0.15) is 29.7 Å². The first-order chi connectivity index (χ1) is 9.40. The Kier molecular flexibility index (Phi) is 4.26. The molecule has 20 heavy (non-hydrogen) atoms. The highest BCUT2D eigenvalue weighted by Gasteiger charge is 2.18. The second-order valence-electron chi connectivity index (χ2n) is 5.00. The van der Waals surface area contributed by atoms with Crippen molar-refractivity contribution < 1.29 is 8.42 Å². The molecule has 0 aromatic heterocycles. The summed E-state index contributed by atoms with van der Waals surface area (Å²) in [4.78, 5) is 0.288.